The maximum absolute atomic E-state index is 13.1. The van der Waals surface area contributed by atoms with Gasteiger partial charge in [0.2, 0.25) is 10.0 Å². The summed E-state index contributed by atoms with van der Waals surface area (Å²) >= 11 is 0. The minimum Gasteiger partial charge on any atom is -0.271 e. The Bertz CT molecular complexity index is 1090. The molecule has 0 amide bonds. The highest BCUT2D eigenvalue weighted by atomic mass is 32.2. The second kappa shape index (κ2) is 7.10. The number of nitrogens with zero attached hydrogens (tertiary/aromatic N) is 6. The number of aromatic nitrogens is 6. The lowest BCUT2D eigenvalue weighted by Crippen LogP contribution is -2.30. The zero-order valence-corrected chi connectivity index (χ0v) is 16.9. The molecule has 4 heterocycles. The Kier molecular flexibility index (Phi) is 4.76. The molecular formula is C18H23N7O2S. The zero-order valence-electron chi connectivity index (χ0n) is 16.1. The molecule has 1 saturated heterocycles. The first-order valence-electron chi connectivity index (χ1n) is 9.18. The van der Waals surface area contributed by atoms with Gasteiger partial charge in [-0.05, 0) is 38.3 Å². The van der Waals surface area contributed by atoms with Crippen molar-refractivity contribution in [2.45, 2.75) is 31.6 Å². The summed E-state index contributed by atoms with van der Waals surface area (Å²) < 4.78 is 29.4. The second-order valence-electron chi connectivity index (χ2n) is 7.19. The summed E-state index contributed by atoms with van der Waals surface area (Å²) in [5.74, 6) is 1.56. The Labute approximate surface area is 163 Å². The average molecular weight is 401 g/mol. The zero-order chi connectivity index (χ0) is 19.9. The Hall–Kier alpha value is -2.59. The quantitative estimate of drug-likeness (QED) is 0.693. The smallest absolute Gasteiger partial charge is 0.246 e. The molecule has 1 unspecified atom stereocenters. The van der Waals surface area contributed by atoms with Gasteiger partial charge in [0, 0.05) is 44.5 Å². The number of aryl methyl sites for hydroxylation is 2. The number of hydrogen-bond donors (Lipinski definition) is 1. The third-order valence-corrected chi connectivity index (χ3v) is 7.34. The molecule has 0 spiro atoms. The molecule has 148 valence electrons. The SMILES string of the molecule is Cc1nn(C)c(C)c1S(=O)(=O)N1CCC(Cc2nc(-c3cccnc3)n[nH]2)C1. The van der Waals surface area contributed by atoms with Crippen molar-refractivity contribution in [1.82, 2.24) is 34.3 Å². The van der Waals surface area contributed by atoms with E-state index in [1.165, 1.54) is 0 Å². The molecule has 4 rings (SSSR count). The van der Waals surface area contributed by atoms with Crippen LogP contribution in [-0.2, 0) is 23.5 Å². The van der Waals surface area contributed by atoms with Gasteiger partial charge in [0.15, 0.2) is 5.82 Å². The van der Waals surface area contributed by atoms with Crippen LogP contribution in [0.15, 0.2) is 29.4 Å². The minimum absolute atomic E-state index is 0.196. The van der Waals surface area contributed by atoms with E-state index in [9.17, 15) is 8.42 Å². The lowest BCUT2D eigenvalue weighted by molar-refractivity contribution is 0.452. The van der Waals surface area contributed by atoms with E-state index >= 15 is 0 Å². The van der Waals surface area contributed by atoms with E-state index in [0.717, 1.165) is 17.8 Å². The molecule has 3 aromatic rings. The second-order valence-corrected chi connectivity index (χ2v) is 9.07. The third-order valence-electron chi connectivity index (χ3n) is 5.22. The maximum Gasteiger partial charge on any atom is 0.246 e. The van der Waals surface area contributed by atoms with Gasteiger partial charge in [-0.15, -0.1) is 0 Å². The van der Waals surface area contributed by atoms with Crippen molar-refractivity contribution in [3.05, 3.63) is 41.7 Å². The highest BCUT2D eigenvalue weighted by Gasteiger charge is 2.36. The number of rotatable bonds is 5. The molecule has 28 heavy (non-hydrogen) atoms. The topological polar surface area (TPSA) is 110 Å². The largest absolute Gasteiger partial charge is 0.271 e. The Morgan fingerprint density at radius 2 is 2.14 bits per heavy atom. The van der Waals surface area contributed by atoms with Crippen LogP contribution in [0.1, 0.15) is 23.6 Å². The van der Waals surface area contributed by atoms with Crippen molar-refractivity contribution in [2.75, 3.05) is 13.1 Å². The van der Waals surface area contributed by atoms with Crippen molar-refractivity contribution in [3.8, 4) is 11.4 Å². The first kappa shape index (κ1) is 18.8. The number of pyridine rings is 1. The van der Waals surface area contributed by atoms with Crippen LogP contribution in [-0.4, -0.2) is 55.8 Å². The van der Waals surface area contributed by atoms with Gasteiger partial charge in [-0.1, -0.05) is 0 Å². The molecule has 1 atom stereocenters. The Morgan fingerprint density at radius 3 is 2.82 bits per heavy atom. The van der Waals surface area contributed by atoms with E-state index in [0.29, 0.717) is 41.6 Å². The fourth-order valence-corrected chi connectivity index (χ4v) is 5.65. The fraction of sp³-hybridized carbons (Fsp3) is 0.444. The van der Waals surface area contributed by atoms with Crippen molar-refractivity contribution in [3.63, 3.8) is 0 Å². The van der Waals surface area contributed by atoms with Gasteiger partial charge in [-0.3, -0.25) is 14.8 Å². The first-order chi connectivity index (χ1) is 13.4. The number of hydrogen-bond acceptors (Lipinski definition) is 6. The van der Waals surface area contributed by atoms with Crippen molar-refractivity contribution in [2.24, 2.45) is 13.0 Å². The standard InChI is InChI=1S/C18H23N7O2S/c1-12-17(13(2)24(3)23-12)28(26,27)25-8-6-14(11-25)9-16-20-18(22-21-16)15-5-4-7-19-10-15/h4-5,7,10,14H,6,8-9,11H2,1-3H3,(H,20,21,22). The normalized spacial score (nSPS) is 18.0. The molecule has 9 nitrogen and oxygen atoms in total. The minimum atomic E-state index is -3.55. The van der Waals surface area contributed by atoms with E-state index in [1.807, 2.05) is 12.1 Å². The average Bonchev–Trinajstić information content (AvgIpc) is 3.37. The fourth-order valence-electron chi connectivity index (χ4n) is 3.72. The highest BCUT2D eigenvalue weighted by molar-refractivity contribution is 7.89. The highest BCUT2D eigenvalue weighted by Crippen LogP contribution is 2.29. The molecule has 0 saturated carbocycles. The number of H-pyrrole nitrogens is 1. The van der Waals surface area contributed by atoms with Gasteiger partial charge in [0.1, 0.15) is 10.7 Å². The number of sulfonamides is 1. The summed E-state index contributed by atoms with van der Waals surface area (Å²) in [5, 5.41) is 11.5. The van der Waals surface area contributed by atoms with Gasteiger partial charge >= 0.3 is 0 Å². The molecule has 0 radical (unpaired) electrons. The molecule has 0 bridgehead atoms. The Morgan fingerprint density at radius 1 is 1.32 bits per heavy atom. The van der Waals surface area contributed by atoms with Gasteiger partial charge in [-0.2, -0.15) is 14.5 Å². The maximum atomic E-state index is 13.1. The van der Waals surface area contributed by atoms with Gasteiger partial charge < -0.3 is 0 Å². The van der Waals surface area contributed by atoms with Crippen LogP contribution in [0.3, 0.4) is 0 Å². The predicted octanol–water partition coefficient (Wildman–Crippen LogP) is 1.47. The van der Waals surface area contributed by atoms with Crippen LogP contribution < -0.4 is 0 Å². The van der Waals surface area contributed by atoms with Crippen molar-refractivity contribution >= 4 is 10.0 Å². The molecule has 0 aromatic carbocycles. The van der Waals surface area contributed by atoms with Crippen LogP contribution in [0.4, 0.5) is 0 Å². The van der Waals surface area contributed by atoms with Crippen LogP contribution in [0.25, 0.3) is 11.4 Å². The van der Waals surface area contributed by atoms with Crippen LogP contribution >= 0.6 is 0 Å². The number of aromatic amines is 1. The predicted molar refractivity (Wildman–Crippen MR) is 103 cm³/mol. The first-order valence-corrected chi connectivity index (χ1v) is 10.6. The van der Waals surface area contributed by atoms with E-state index in [1.54, 1.807) is 42.3 Å². The Balaban J connectivity index is 1.47. The molecular weight excluding hydrogens is 378 g/mol. The summed E-state index contributed by atoms with van der Waals surface area (Å²) in [5.41, 5.74) is 2.06. The summed E-state index contributed by atoms with van der Waals surface area (Å²) in [6, 6.07) is 3.75. The van der Waals surface area contributed by atoms with E-state index in [2.05, 4.69) is 25.3 Å². The number of nitrogens with one attached hydrogen (secondary N) is 1. The van der Waals surface area contributed by atoms with Crippen molar-refractivity contribution in [1.29, 1.82) is 0 Å². The lowest BCUT2D eigenvalue weighted by atomic mass is 10.1. The van der Waals surface area contributed by atoms with Crippen LogP contribution in [0.2, 0.25) is 0 Å². The molecule has 1 fully saturated rings. The third kappa shape index (κ3) is 3.33. The van der Waals surface area contributed by atoms with E-state index in [4.69, 9.17) is 0 Å². The molecule has 10 heteroatoms. The summed E-state index contributed by atoms with van der Waals surface area (Å²) in [6.45, 7) is 4.50. The van der Waals surface area contributed by atoms with E-state index < -0.39 is 10.0 Å². The lowest BCUT2D eigenvalue weighted by Gasteiger charge is -2.16. The van der Waals surface area contributed by atoms with Gasteiger partial charge in [0.05, 0.1) is 11.4 Å². The monoisotopic (exact) mass is 401 g/mol. The van der Waals surface area contributed by atoms with Gasteiger partial charge in [-0.25, -0.2) is 13.4 Å². The van der Waals surface area contributed by atoms with E-state index in [-0.39, 0.29) is 5.92 Å². The van der Waals surface area contributed by atoms with Crippen molar-refractivity contribution < 1.29 is 8.42 Å². The van der Waals surface area contributed by atoms with Crippen LogP contribution in [0.5, 0.6) is 0 Å². The summed E-state index contributed by atoms with van der Waals surface area (Å²) in [6.07, 6.45) is 4.87. The molecule has 1 N–H and O–H groups in total. The summed E-state index contributed by atoms with van der Waals surface area (Å²) in [7, 11) is -1.78. The summed E-state index contributed by atoms with van der Waals surface area (Å²) in [4.78, 5) is 8.94. The molecule has 1 aliphatic heterocycles. The molecule has 3 aromatic heterocycles. The van der Waals surface area contributed by atoms with Gasteiger partial charge in [0.25, 0.3) is 0 Å². The molecule has 0 aliphatic carbocycles. The van der Waals surface area contributed by atoms with Crippen LogP contribution in [0, 0.1) is 19.8 Å². The molecule has 1 aliphatic rings.